The minimum atomic E-state index is -1.14. The zero-order chi connectivity index (χ0) is 30.3. The van der Waals surface area contributed by atoms with Gasteiger partial charge in [-0.2, -0.15) is 0 Å². The van der Waals surface area contributed by atoms with E-state index in [2.05, 4.69) is 60.8 Å². The van der Waals surface area contributed by atoms with Crippen molar-refractivity contribution in [2.45, 2.75) is 69.9 Å². The number of nitrogens with zero attached hydrogens (tertiary/aromatic N) is 1. The molecule has 0 aliphatic heterocycles. The number of nitrogens with one attached hydrogen (secondary N) is 2. The molecule has 1 saturated carbocycles. The van der Waals surface area contributed by atoms with Crippen LogP contribution in [0.4, 0.5) is 14.5 Å². The van der Waals surface area contributed by atoms with Gasteiger partial charge in [-0.1, -0.05) is 68.4 Å². The molecule has 3 N–H and O–H groups in total. The zero-order valence-electron chi connectivity index (χ0n) is 24.8. The molecule has 0 radical (unpaired) electrons. The third-order valence-corrected chi connectivity index (χ3v) is 8.05. The van der Waals surface area contributed by atoms with E-state index in [0.29, 0.717) is 11.3 Å². The van der Waals surface area contributed by atoms with Crippen LogP contribution in [-0.4, -0.2) is 36.5 Å². The van der Waals surface area contributed by atoms with E-state index >= 15 is 0 Å². The number of hydrogen-bond acceptors (Lipinski definition) is 5. The van der Waals surface area contributed by atoms with Gasteiger partial charge in [0.2, 0.25) is 5.91 Å². The van der Waals surface area contributed by atoms with E-state index in [1.165, 1.54) is 17.7 Å². The molecular weight excluding hydrogens is 536 g/mol. The molecule has 0 bridgehead atoms. The van der Waals surface area contributed by atoms with Gasteiger partial charge in [0, 0.05) is 23.8 Å². The number of carbonyl (C=O) groups is 1. The topological polar surface area (TPSA) is 82.9 Å². The van der Waals surface area contributed by atoms with E-state index in [-0.39, 0.29) is 18.4 Å². The molecule has 0 heterocycles. The van der Waals surface area contributed by atoms with Crippen molar-refractivity contribution < 1.29 is 23.5 Å². The number of oxime groups is 1. The summed E-state index contributed by atoms with van der Waals surface area (Å²) < 4.78 is 28.1. The molecule has 1 fully saturated rings. The molecule has 0 saturated heterocycles. The van der Waals surface area contributed by atoms with E-state index in [1.807, 2.05) is 6.07 Å². The maximum absolute atomic E-state index is 14.0. The number of anilines is 1. The molecule has 0 aromatic heterocycles. The summed E-state index contributed by atoms with van der Waals surface area (Å²) in [6.07, 6.45) is 1.72. The Labute approximate surface area is 247 Å². The van der Waals surface area contributed by atoms with Crippen molar-refractivity contribution in [3.05, 3.63) is 101 Å². The fourth-order valence-electron chi connectivity index (χ4n) is 5.62. The highest BCUT2D eigenvalue weighted by atomic mass is 19.1. The van der Waals surface area contributed by atoms with Gasteiger partial charge in [-0.15, -0.1) is 0 Å². The maximum Gasteiger partial charge on any atom is 0.230 e. The molecular formula is C34H41F2N3O3. The van der Waals surface area contributed by atoms with Gasteiger partial charge in [0.05, 0.1) is 17.7 Å². The van der Waals surface area contributed by atoms with E-state index < -0.39 is 35.1 Å². The quantitative estimate of drug-likeness (QED) is 0.241. The predicted octanol–water partition coefficient (Wildman–Crippen LogP) is 6.48. The fraction of sp³-hybridized carbons (Fsp3) is 0.412. The van der Waals surface area contributed by atoms with Crippen molar-refractivity contribution >= 4 is 17.3 Å². The summed E-state index contributed by atoms with van der Waals surface area (Å²) in [7, 11) is 1.54. The number of para-hydroxylation sites is 1. The molecule has 42 heavy (non-hydrogen) atoms. The number of carbonyl (C=O) groups excluding carboxylic acids is 1. The van der Waals surface area contributed by atoms with Gasteiger partial charge in [0.1, 0.15) is 18.7 Å². The lowest BCUT2D eigenvalue weighted by Gasteiger charge is -2.41. The standard InChI is InChI=1S/C34H41F2N3O3/c1-33(2,3)24-9-8-10-25(20-24)34(15-13-29(14-16-34)39-42-4)37-22-31(40)30(19-23-17-26(35)21-27(36)18-23)32(41)38-28-11-6-5-7-12-28/h5-12,17-18,20-21,30-31,37,40H,13-16,19,22H2,1-4H3,(H,38,41). The molecule has 6 nitrogen and oxygen atoms in total. The Bertz CT molecular complexity index is 1360. The van der Waals surface area contributed by atoms with Crippen LogP contribution < -0.4 is 10.6 Å². The minimum absolute atomic E-state index is 0.0344. The monoisotopic (exact) mass is 577 g/mol. The lowest BCUT2D eigenvalue weighted by atomic mass is 9.74. The van der Waals surface area contributed by atoms with Crippen LogP contribution in [0.3, 0.4) is 0 Å². The fourth-order valence-corrected chi connectivity index (χ4v) is 5.62. The molecule has 3 aromatic carbocycles. The zero-order valence-corrected chi connectivity index (χ0v) is 24.8. The molecule has 2 unspecified atom stereocenters. The minimum Gasteiger partial charge on any atom is -0.399 e. The van der Waals surface area contributed by atoms with Crippen LogP contribution in [0, 0.1) is 17.6 Å². The SMILES string of the molecule is CON=C1CCC(NCC(O)C(Cc2cc(F)cc(F)c2)C(=O)Nc2ccccc2)(c2cccc(C(C)(C)C)c2)CC1. The van der Waals surface area contributed by atoms with Gasteiger partial charge in [-0.25, -0.2) is 8.78 Å². The second kappa shape index (κ2) is 13.6. The smallest absolute Gasteiger partial charge is 0.230 e. The van der Waals surface area contributed by atoms with E-state index in [0.717, 1.165) is 43.0 Å². The van der Waals surface area contributed by atoms with E-state index in [9.17, 15) is 18.7 Å². The molecule has 1 amide bonds. The first-order valence-electron chi connectivity index (χ1n) is 14.4. The largest absolute Gasteiger partial charge is 0.399 e. The van der Waals surface area contributed by atoms with Gasteiger partial charge >= 0.3 is 0 Å². The first-order chi connectivity index (χ1) is 20.0. The van der Waals surface area contributed by atoms with Crippen LogP contribution in [-0.2, 0) is 27.0 Å². The number of aliphatic hydroxyl groups is 1. The summed E-state index contributed by atoms with van der Waals surface area (Å²) in [5.41, 5.74) is 3.64. The summed E-state index contributed by atoms with van der Waals surface area (Å²) >= 11 is 0. The molecule has 0 spiro atoms. The average Bonchev–Trinajstić information content (AvgIpc) is 2.95. The Balaban J connectivity index is 1.61. The molecule has 3 aromatic rings. The van der Waals surface area contributed by atoms with Gasteiger partial charge in [0.25, 0.3) is 0 Å². The predicted molar refractivity (Wildman–Crippen MR) is 162 cm³/mol. The third-order valence-electron chi connectivity index (χ3n) is 8.05. The van der Waals surface area contributed by atoms with Crippen molar-refractivity contribution in [3.63, 3.8) is 0 Å². The lowest BCUT2D eigenvalue weighted by Crippen LogP contribution is -2.50. The van der Waals surface area contributed by atoms with E-state index in [1.54, 1.807) is 31.4 Å². The van der Waals surface area contributed by atoms with Crippen molar-refractivity contribution in [1.82, 2.24) is 5.32 Å². The molecule has 4 rings (SSSR count). The number of amides is 1. The Hall–Kier alpha value is -3.62. The molecule has 1 aliphatic carbocycles. The molecule has 224 valence electrons. The second-order valence-corrected chi connectivity index (χ2v) is 12.1. The first kappa shape index (κ1) is 31.3. The summed E-state index contributed by atoms with van der Waals surface area (Å²) in [4.78, 5) is 18.5. The Kier molecular flexibility index (Phi) is 10.1. The Morgan fingerprint density at radius 1 is 1.00 bits per heavy atom. The van der Waals surface area contributed by atoms with Crippen LogP contribution in [0.25, 0.3) is 0 Å². The highest BCUT2D eigenvalue weighted by molar-refractivity contribution is 5.93. The van der Waals surface area contributed by atoms with E-state index in [4.69, 9.17) is 4.84 Å². The van der Waals surface area contributed by atoms with Gasteiger partial charge in [-0.3, -0.25) is 4.79 Å². The van der Waals surface area contributed by atoms with Crippen LogP contribution in [0.1, 0.15) is 63.1 Å². The molecule has 2 atom stereocenters. The maximum atomic E-state index is 14.0. The number of benzene rings is 3. The third kappa shape index (κ3) is 8.01. The summed E-state index contributed by atoms with van der Waals surface area (Å²) in [5, 5.41) is 22.2. The number of halogens is 2. The number of hydrogen-bond donors (Lipinski definition) is 3. The van der Waals surface area contributed by atoms with Gasteiger partial charge in [-0.05, 0) is 78.5 Å². The van der Waals surface area contributed by atoms with Crippen molar-refractivity contribution in [2.24, 2.45) is 11.1 Å². The van der Waals surface area contributed by atoms with Crippen molar-refractivity contribution in [3.8, 4) is 0 Å². The second-order valence-electron chi connectivity index (χ2n) is 12.1. The highest BCUT2D eigenvalue weighted by Gasteiger charge is 2.38. The average molecular weight is 578 g/mol. The normalized spacial score (nSPS) is 18.7. The van der Waals surface area contributed by atoms with Gasteiger partial charge < -0.3 is 20.6 Å². The highest BCUT2D eigenvalue weighted by Crippen LogP contribution is 2.38. The van der Waals surface area contributed by atoms with Crippen LogP contribution in [0.5, 0.6) is 0 Å². The first-order valence-corrected chi connectivity index (χ1v) is 14.4. The summed E-state index contributed by atoms with van der Waals surface area (Å²) in [6, 6.07) is 20.6. The summed E-state index contributed by atoms with van der Waals surface area (Å²) in [5.74, 6) is -2.85. The van der Waals surface area contributed by atoms with Crippen LogP contribution in [0.15, 0.2) is 78.0 Å². The Morgan fingerprint density at radius 3 is 2.29 bits per heavy atom. The van der Waals surface area contributed by atoms with Crippen molar-refractivity contribution in [1.29, 1.82) is 0 Å². The number of aliphatic hydroxyl groups excluding tert-OH is 1. The van der Waals surface area contributed by atoms with Gasteiger partial charge in [0.15, 0.2) is 0 Å². The summed E-state index contributed by atoms with van der Waals surface area (Å²) in [6.45, 7) is 6.61. The molecule has 1 aliphatic rings. The number of rotatable bonds is 10. The van der Waals surface area contributed by atoms with Crippen LogP contribution >= 0.6 is 0 Å². The lowest BCUT2D eigenvalue weighted by molar-refractivity contribution is -0.123. The van der Waals surface area contributed by atoms with Crippen LogP contribution in [0.2, 0.25) is 0 Å². The van der Waals surface area contributed by atoms with Crippen molar-refractivity contribution in [2.75, 3.05) is 19.0 Å². The molecule has 8 heteroatoms. The Morgan fingerprint density at radius 2 is 1.67 bits per heavy atom.